The molecule has 0 unspecified atom stereocenters. The first kappa shape index (κ1) is 21.5. The molecule has 0 radical (unpaired) electrons. The van der Waals surface area contributed by atoms with Crippen molar-refractivity contribution in [2.45, 2.75) is 71.6 Å². The lowest BCUT2D eigenvalue weighted by Gasteiger charge is -2.23. The first-order chi connectivity index (χ1) is 12.5. The van der Waals surface area contributed by atoms with Gasteiger partial charge in [-0.15, -0.1) is 11.3 Å². The number of amides is 1. The molecule has 1 aliphatic heterocycles. The highest BCUT2D eigenvalue weighted by atomic mass is 32.1. The quantitative estimate of drug-likeness (QED) is 0.607. The number of aromatic nitrogens is 1. The standard InChI is InChI=1S/C19H33N5O2S/c1-18(2,3)15-22-14(12-27-15)10-21-16(20-7)24-9-8-13(11-24)23-17(25)26-19(4,5)6/h12-13H,8-11H2,1-7H3,(H,20,21)(H,23,25)/t13-/m1/s1. The van der Waals surface area contributed by atoms with E-state index in [-0.39, 0.29) is 17.6 Å². The van der Waals surface area contributed by atoms with Crippen molar-refractivity contribution in [3.63, 3.8) is 0 Å². The van der Waals surface area contributed by atoms with E-state index in [2.05, 4.69) is 46.7 Å². The molecule has 1 atom stereocenters. The predicted octanol–water partition coefficient (Wildman–Crippen LogP) is 3.12. The molecule has 1 aliphatic rings. The maximum Gasteiger partial charge on any atom is 0.407 e. The van der Waals surface area contributed by atoms with E-state index < -0.39 is 5.60 Å². The summed E-state index contributed by atoms with van der Waals surface area (Å²) in [6, 6.07) is 0.0603. The van der Waals surface area contributed by atoms with Crippen LogP contribution in [0.3, 0.4) is 0 Å². The first-order valence-corrected chi connectivity index (χ1v) is 10.3. The second-order valence-electron chi connectivity index (χ2n) is 8.87. The van der Waals surface area contributed by atoms with Gasteiger partial charge in [0.2, 0.25) is 0 Å². The lowest BCUT2D eigenvalue weighted by atomic mass is 9.98. The Hall–Kier alpha value is -1.83. The summed E-state index contributed by atoms with van der Waals surface area (Å²) in [5.41, 5.74) is 0.605. The number of alkyl carbamates (subject to hydrolysis) is 1. The van der Waals surface area contributed by atoms with Gasteiger partial charge in [-0.1, -0.05) is 20.8 Å². The van der Waals surface area contributed by atoms with Gasteiger partial charge in [-0.2, -0.15) is 0 Å². The van der Waals surface area contributed by atoms with Crippen molar-refractivity contribution < 1.29 is 9.53 Å². The average Bonchev–Trinajstić information content (AvgIpc) is 3.15. The van der Waals surface area contributed by atoms with E-state index in [0.717, 1.165) is 29.6 Å². The number of likely N-dealkylation sites (tertiary alicyclic amines) is 1. The molecular formula is C19H33N5O2S. The number of carbonyl (C=O) groups excluding carboxylic acids is 1. The van der Waals surface area contributed by atoms with E-state index in [1.165, 1.54) is 0 Å². The third-order valence-corrected chi connectivity index (χ3v) is 5.36. The van der Waals surface area contributed by atoms with Crippen LogP contribution in [-0.4, -0.2) is 53.7 Å². The van der Waals surface area contributed by atoms with Crippen molar-refractivity contribution in [3.05, 3.63) is 16.1 Å². The first-order valence-electron chi connectivity index (χ1n) is 9.38. The van der Waals surface area contributed by atoms with Crippen LogP contribution in [0, 0.1) is 0 Å². The monoisotopic (exact) mass is 395 g/mol. The van der Waals surface area contributed by atoms with Gasteiger partial charge in [0.25, 0.3) is 0 Å². The van der Waals surface area contributed by atoms with E-state index in [1.54, 1.807) is 18.4 Å². The predicted molar refractivity (Wildman–Crippen MR) is 110 cm³/mol. The number of rotatable bonds is 3. The zero-order valence-corrected chi connectivity index (χ0v) is 18.4. The summed E-state index contributed by atoms with van der Waals surface area (Å²) in [7, 11) is 1.78. The number of hydrogen-bond donors (Lipinski definition) is 2. The van der Waals surface area contributed by atoms with Gasteiger partial charge < -0.3 is 20.3 Å². The Kier molecular flexibility index (Phi) is 6.72. The summed E-state index contributed by atoms with van der Waals surface area (Å²) in [6.45, 7) is 14.3. The van der Waals surface area contributed by atoms with Crippen molar-refractivity contribution in [1.29, 1.82) is 0 Å². The number of aliphatic imine (C=N–C) groups is 1. The minimum absolute atomic E-state index is 0.0603. The molecule has 2 rings (SSSR count). The van der Waals surface area contributed by atoms with E-state index in [0.29, 0.717) is 13.1 Å². The second kappa shape index (κ2) is 8.46. The summed E-state index contributed by atoms with van der Waals surface area (Å²) in [6.07, 6.45) is 0.500. The van der Waals surface area contributed by atoms with Crippen molar-refractivity contribution in [3.8, 4) is 0 Å². The number of nitrogens with zero attached hydrogens (tertiary/aromatic N) is 3. The summed E-state index contributed by atoms with van der Waals surface area (Å²) >= 11 is 1.69. The maximum absolute atomic E-state index is 11.9. The molecule has 1 aromatic rings. The average molecular weight is 396 g/mol. The molecule has 1 aromatic heterocycles. The van der Waals surface area contributed by atoms with E-state index in [1.807, 2.05) is 20.8 Å². The van der Waals surface area contributed by atoms with Crippen molar-refractivity contribution >= 4 is 23.4 Å². The molecule has 27 heavy (non-hydrogen) atoms. The van der Waals surface area contributed by atoms with E-state index >= 15 is 0 Å². The highest BCUT2D eigenvalue weighted by Crippen LogP contribution is 2.25. The third kappa shape index (κ3) is 6.68. The molecule has 1 fully saturated rings. The van der Waals surface area contributed by atoms with Gasteiger partial charge in [0.05, 0.1) is 23.3 Å². The Morgan fingerprint density at radius 1 is 1.37 bits per heavy atom. The van der Waals surface area contributed by atoms with Crippen LogP contribution < -0.4 is 10.6 Å². The van der Waals surface area contributed by atoms with Gasteiger partial charge >= 0.3 is 6.09 Å². The minimum atomic E-state index is -0.487. The molecular weight excluding hydrogens is 362 g/mol. The van der Waals surface area contributed by atoms with Gasteiger partial charge in [0, 0.05) is 30.9 Å². The number of hydrogen-bond acceptors (Lipinski definition) is 5. The van der Waals surface area contributed by atoms with Gasteiger partial charge in [-0.05, 0) is 27.2 Å². The number of carbonyl (C=O) groups is 1. The van der Waals surface area contributed by atoms with Crippen LogP contribution in [0.2, 0.25) is 0 Å². The Morgan fingerprint density at radius 3 is 2.63 bits per heavy atom. The van der Waals surface area contributed by atoms with Crippen LogP contribution in [0.25, 0.3) is 0 Å². The number of thiazole rings is 1. The molecule has 0 bridgehead atoms. The van der Waals surface area contributed by atoms with E-state index in [9.17, 15) is 4.79 Å². The Balaban J connectivity index is 1.84. The van der Waals surface area contributed by atoms with Gasteiger partial charge in [-0.3, -0.25) is 4.99 Å². The fraction of sp³-hybridized carbons (Fsp3) is 0.737. The number of guanidine groups is 1. The Labute approximate surface area is 166 Å². The Morgan fingerprint density at radius 2 is 2.07 bits per heavy atom. The summed E-state index contributed by atoms with van der Waals surface area (Å²) in [5.74, 6) is 0.828. The fourth-order valence-corrected chi connectivity index (χ4v) is 3.69. The maximum atomic E-state index is 11.9. The molecule has 2 N–H and O–H groups in total. The van der Waals surface area contributed by atoms with Crippen molar-refractivity contribution in [2.75, 3.05) is 20.1 Å². The number of nitrogens with one attached hydrogen (secondary N) is 2. The molecule has 0 saturated carbocycles. The lowest BCUT2D eigenvalue weighted by molar-refractivity contribution is 0.0507. The Bertz CT molecular complexity index is 672. The molecule has 7 nitrogen and oxygen atoms in total. The normalized spacial score (nSPS) is 18.6. The van der Waals surface area contributed by atoms with Crippen molar-refractivity contribution in [2.24, 2.45) is 4.99 Å². The number of ether oxygens (including phenoxy) is 1. The summed E-state index contributed by atoms with van der Waals surface area (Å²) in [4.78, 5) is 23.2. The molecule has 0 aliphatic carbocycles. The highest BCUT2D eigenvalue weighted by Gasteiger charge is 2.28. The SMILES string of the molecule is CN=C(NCc1csc(C(C)(C)C)n1)N1CC[C@@H](NC(=O)OC(C)(C)C)C1. The van der Waals surface area contributed by atoms with Crippen molar-refractivity contribution in [1.82, 2.24) is 20.5 Å². The topological polar surface area (TPSA) is 78.9 Å². The molecule has 8 heteroatoms. The van der Waals surface area contributed by atoms with Gasteiger partial charge in [0.15, 0.2) is 5.96 Å². The van der Waals surface area contributed by atoms with Gasteiger partial charge in [0.1, 0.15) is 5.60 Å². The molecule has 0 spiro atoms. The van der Waals surface area contributed by atoms with E-state index in [4.69, 9.17) is 9.72 Å². The van der Waals surface area contributed by atoms with Crippen LogP contribution in [0.4, 0.5) is 4.79 Å². The highest BCUT2D eigenvalue weighted by molar-refractivity contribution is 7.09. The van der Waals surface area contributed by atoms with Crippen LogP contribution in [-0.2, 0) is 16.7 Å². The molecule has 1 amide bonds. The third-order valence-electron chi connectivity index (χ3n) is 4.04. The lowest BCUT2D eigenvalue weighted by Crippen LogP contribution is -2.44. The zero-order chi connectivity index (χ0) is 20.2. The van der Waals surface area contributed by atoms with Gasteiger partial charge in [-0.25, -0.2) is 9.78 Å². The molecule has 2 heterocycles. The zero-order valence-electron chi connectivity index (χ0n) is 17.5. The molecule has 1 saturated heterocycles. The summed E-state index contributed by atoms with van der Waals surface area (Å²) < 4.78 is 5.34. The minimum Gasteiger partial charge on any atom is -0.444 e. The summed E-state index contributed by atoms with van der Waals surface area (Å²) in [5, 5.41) is 9.55. The second-order valence-corrected chi connectivity index (χ2v) is 9.73. The van der Waals surface area contributed by atoms with Crippen LogP contribution in [0.15, 0.2) is 10.4 Å². The van der Waals surface area contributed by atoms with Crippen LogP contribution >= 0.6 is 11.3 Å². The van der Waals surface area contributed by atoms with Crippen LogP contribution in [0.1, 0.15) is 58.7 Å². The smallest absolute Gasteiger partial charge is 0.407 e. The van der Waals surface area contributed by atoms with Crippen LogP contribution in [0.5, 0.6) is 0 Å². The molecule has 152 valence electrons. The fourth-order valence-electron chi connectivity index (χ4n) is 2.78. The molecule has 0 aromatic carbocycles. The largest absolute Gasteiger partial charge is 0.444 e.